The fourth-order valence-corrected chi connectivity index (χ4v) is 4.31. The summed E-state index contributed by atoms with van der Waals surface area (Å²) in [5.41, 5.74) is 3.36. The van der Waals surface area contributed by atoms with Crippen molar-refractivity contribution in [3.8, 4) is 5.75 Å². The number of carbonyl (C=O) groups excluding carboxylic acids is 2. The average Bonchev–Trinajstić information content (AvgIpc) is 3.26. The van der Waals surface area contributed by atoms with Crippen molar-refractivity contribution in [1.82, 2.24) is 19.2 Å². The maximum absolute atomic E-state index is 13.3. The van der Waals surface area contributed by atoms with Gasteiger partial charge in [-0.3, -0.25) is 14.0 Å². The van der Waals surface area contributed by atoms with Gasteiger partial charge in [-0.1, -0.05) is 18.2 Å². The number of methoxy groups -OCH3 is 1. The minimum absolute atomic E-state index is 0.0541. The van der Waals surface area contributed by atoms with E-state index in [1.54, 1.807) is 36.8 Å². The predicted octanol–water partition coefficient (Wildman–Crippen LogP) is 2.94. The molecule has 1 unspecified atom stereocenters. The third-order valence-electron chi connectivity index (χ3n) is 5.98. The number of pyridine rings is 1. The quantitative estimate of drug-likeness (QED) is 0.354. The number of likely N-dealkylation sites (N-methyl/N-ethyl adjacent to an activating group) is 1. The number of aryl methyl sites for hydroxylation is 2. The molecule has 1 aromatic carbocycles. The molecule has 1 fully saturated rings. The maximum Gasteiger partial charge on any atom is 0.295 e. The molecule has 3 heterocycles. The summed E-state index contributed by atoms with van der Waals surface area (Å²) in [5, 5.41) is 11.5. The van der Waals surface area contributed by atoms with Gasteiger partial charge in [0.05, 0.1) is 24.4 Å². The zero-order valence-electron chi connectivity index (χ0n) is 19.5. The number of hydrogen-bond acceptors (Lipinski definition) is 6. The molecule has 1 amide bonds. The third kappa shape index (κ3) is 3.87. The van der Waals surface area contributed by atoms with Crippen LogP contribution in [-0.2, 0) is 9.59 Å². The lowest BCUT2D eigenvalue weighted by atomic mass is 9.96. The van der Waals surface area contributed by atoms with E-state index in [1.165, 1.54) is 4.90 Å². The van der Waals surface area contributed by atoms with Gasteiger partial charge in [0.2, 0.25) is 0 Å². The predicted molar refractivity (Wildman–Crippen MR) is 125 cm³/mol. The summed E-state index contributed by atoms with van der Waals surface area (Å²) in [4.78, 5) is 34.4. The van der Waals surface area contributed by atoms with Crippen LogP contribution in [0.1, 0.15) is 28.6 Å². The Morgan fingerprint density at radius 1 is 1.18 bits per heavy atom. The van der Waals surface area contributed by atoms with Crippen LogP contribution in [0.25, 0.3) is 11.4 Å². The lowest BCUT2D eigenvalue weighted by Gasteiger charge is -2.26. The second-order valence-electron chi connectivity index (χ2n) is 8.50. The number of fused-ring (bicyclic) bond motifs is 1. The lowest BCUT2D eigenvalue weighted by Crippen LogP contribution is -2.35. The number of rotatable bonds is 6. The summed E-state index contributed by atoms with van der Waals surface area (Å²) in [7, 11) is 5.37. The number of benzene rings is 1. The first-order valence-electron chi connectivity index (χ1n) is 10.8. The van der Waals surface area contributed by atoms with Gasteiger partial charge in [-0.2, -0.15) is 0 Å². The minimum atomic E-state index is -0.741. The number of aliphatic hydroxyl groups excluding tert-OH is 1. The number of hydrogen-bond donors (Lipinski definition) is 1. The molecule has 33 heavy (non-hydrogen) atoms. The van der Waals surface area contributed by atoms with Gasteiger partial charge in [0.25, 0.3) is 11.7 Å². The molecule has 0 saturated carbocycles. The molecule has 1 aliphatic heterocycles. The number of amides is 1. The Balaban J connectivity index is 1.95. The van der Waals surface area contributed by atoms with Gasteiger partial charge in [-0.05, 0) is 57.3 Å². The number of Topliss-reactive ketones (excluding diaryl/α,β-unsaturated/α-hetero) is 1. The zero-order valence-corrected chi connectivity index (χ0v) is 19.5. The number of aliphatic hydroxyl groups is 1. The molecule has 0 bridgehead atoms. The first kappa shape index (κ1) is 22.5. The van der Waals surface area contributed by atoms with E-state index in [9.17, 15) is 14.7 Å². The van der Waals surface area contributed by atoms with Crippen LogP contribution in [0, 0.1) is 13.8 Å². The van der Waals surface area contributed by atoms with E-state index in [0.29, 0.717) is 41.4 Å². The molecule has 2 aromatic heterocycles. The molecule has 1 atom stereocenters. The van der Waals surface area contributed by atoms with Crippen molar-refractivity contribution in [3.05, 3.63) is 70.7 Å². The summed E-state index contributed by atoms with van der Waals surface area (Å²) < 4.78 is 7.13. The van der Waals surface area contributed by atoms with E-state index >= 15 is 0 Å². The van der Waals surface area contributed by atoms with Crippen LogP contribution in [0.15, 0.2) is 48.2 Å². The SMILES string of the molecule is COc1cccc(C2C(=C(O)c3c(C)nc4c(C)cccn34)C(=O)C(=O)N2CCN(C)C)c1. The molecule has 172 valence electrons. The van der Waals surface area contributed by atoms with Gasteiger partial charge in [0.1, 0.15) is 17.1 Å². The standard InChI is InChI=1S/C25H28N4O4/c1-15-8-7-11-28-20(16(2)26-24(15)28)22(30)19-21(17-9-6-10-18(14-17)33-5)29(13-12-27(3)4)25(32)23(19)31/h6-11,14,21,30H,12-13H2,1-5H3. The van der Waals surface area contributed by atoms with E-state index in [0.717, 1.165) is 5.56 Å². The highest BCUT2D eigenvalue weighted by Crippen LogP contribution is 2.40. The van der Waals surface area contributed by atoms with E-state index in [4.69, 9.17) is 4.74 Å². The van der Waals surface area contributed by atoms with Gasteiger partial charge < -0.3 is 19.6 Å². The molecule has 4 rings (SSSR count). The van der Waals surface area contributed by atoms with Crippen molar-refractivity contribution in [2.24, 2.45) is 0 Å². The smallest absolute Gasteiger partial charge is 0.295 e. The van der Waals surface area contributed by atoms with Crippen LogP contribution in [-0.4, -0.2) is 70.3 Å². The van der Waals surface area contributed by atoms with Crippen LogP contribution in [0.4, 0.5) is 0 Å². The molecule has 0 spiro atoms. The second kappa shape index (κ2) is 8.71. The normalized spacial score (nSPS) is 18.0. The fraction of sp³-hybridized carbons (Fsp3) is 0.320. The molecule has 1 N–H and O–H groups in total. The third-order valence-corrected chi connectivity index (χ3v) is 5.98. The number of carbonyl (C=O) groups is 2. The highest BCUT2D eigenvalue weighted by molar-refractivity contribution is 6.46. The first-order valence-corrected chi connectivity index (χ1v) is 10.8. The van der Waals surface area contributed by atoms with E-state index < -0.39 is 17.7 Å². The van der Waals surface area contributed by atoms with E-state index in [1.807, 2.05) is 50.2 Å². The molecular formula is C25H28N4O4. The van der Waals surface area contributed by atoms with Crippen molar-refractivity contribution >= 4 is 23.1 Å². The highest BCUT2D eigenvalue weighted by atomic mass is 16.5. The van der Waals surface area contributed by atoms with Crippen molar-refractivity contribution in [2.45, 2.75) is 19.9 Å². The van der Waals surface area contributed by atoms with Crippen LogP contribution in [0.3, 0.4) is 0 Å². The molecule has 3 aromatic rings. The summed E-state index contributed by atoms with van der Waals surface area (Å²) in [5.74, 6) is -0.966. The summed E-state index contributed by atoms with van der Waals surface area (Å²) >= 11 is 0. The summed E-state index contributed by atoms with van der Waals surface area (Å²) in [6, 6.07) is 10.3. The second-order valence-corrected chi connectivity index (χ2v) is 8.50. The van der Waals surface area contributed by atoms with Crippen LogP contribution in [0.5, 0.6) is 5.75 Å². The Labute approximate surface area is 192 Å². The molecule has 0 radical (unpaired) electrons. The molecule has 8 nitrogen and oxygen atoms in total. The molecule has 1 aliphatic rings. The highest BCUT2D eigenvalue weighted by Gasteiger charge is 2.46. The van der Waals surface area contributed by atoms with Gasteiger partial charge in [-0.25, -0.2) is 4.98 Å². The average molecular weight is 449 g/mol. The number of ketones is 1. The summed E-state index contributed by atoms with van der Waals surface area (Å²) in [6.07, 6.45) is 1.79. The number of likely N-dealkylation sites (tertiary alicyclic amines) is 1. The monoisotopic (exact) mass is 448 g/mol. The number of ether oxygens (including phenoxy) is 1. The van der Waals surface area contributed by atoms with Crippen LogP contribution >= 0.6 is 0 Å². The topological polar surface area (TPSA) is 87.4 Å². The molecule has 8 heteroatoms. The van der Waals surface area contributed by atoms with Gasteiger partial charge in [0, 0.05) is 19.3 Å². The van der Waals surface area contributed by atoms with Crippen molar-refractivity contribution < 1.29 is 19.4 Å². The Morgan fingerprint density at radius 3 is 2.64 bits per heavy atom. The Bertz CT molecular complexity index is 1270. The van der Waals surface area contributed by atoms with E-state index in [-0.39, 0.29) is 11.3 Å². The van der Waals surface area contributed by atoms with Crippen LogP contribution in [0.2, 0.25) is 0 Å². The largest absolute Gasteiger partial charge is 0.505 e. The van der Waals surface area contributed by atoms with Crippen molar-refractivity contribution in [3.63, 3.8) is 0 Å². The van der Waals surface area contributed by atoms with Gasteiger partial charge >= 0.3 is 0 Å². The Morgan fingerprint density at radius 2 is 1.94 bits per heavy atom. The van der Waals surface area contributed by atoms with Gasteiger partial charge in [0.15, 0.2) is 5.76 Å². The Hall–Kier alpha value is -3.65. The Kier molecular flexibility index (Phi) is 5.95. The zero-order chi connectivity index (χ0) is 23.9. The fourth-order valence-electron chi connectivity index (χ4n) is 4.31. The molecular weight excluding hydrogens is 420 g/mol. The molecule has 0 aliphatic carbocycles. The first-order chi connectivity index (χ1) is 15.7. The van der Waals surface area contributed by atoms with E-state index in [2.05, 4.69) is 4.98 Å². The number of imidazole rings is 1. The van der Waals surface area contributed by atoms with Crippen molar-refractivity contribution in [2.75, 3.05) is 34.3 Å². The molecule has 1 saturated heterocycles. The van der Waals surface area contributed by atoms with Crippen molar-refractivity contribution in [1.29, 1.82) is 0 Å². The number of nitrogens with zero attached hydrogens (tertiary/aromatic N) is 4. The maximum atomic E-state index is 13.3. The van der Waals surface area contributed by atoms with Crippen LogP contribution < -0.4 is 4.74 Å². The summed E-state index contributed by atoms with van der Waals surface area (Å²) in [6.45, 7) is 4.62. The lowest BCUT2D eigenvalue weighted by molar-refractivity contribution is -0.140. The number of aromatic nitrogens is 2. The van der Waals surface area contributed by atoms with Gasteiger partial charge in [-0.15, -0.1) is 0 Å². The minimum Gasteiger partial charge on any atom is -0.505 e.